The molecule has 1 aliphatic rings. The minimum atomic E-state index is -4.39. The third-order valence-electron chi connectivity index (χ3n) is 4.68. The van der Waals surface area contributed by atoms with Crippen LogP contribution in [0.1, 0.15) is 24.0 Å². The molecule has 1 aliphatic heterocycles. The summed E-state index contributed by atoms with van der Waals surface area (Å²) in [6.45, 7) is 0.771. The van der Waals surface area contributed by atoms with Crippen molar-refractivity contribution < 1.29 is 13.2 Å². The Morgan fingerprint density at radius 2 is 1.85 bits per heavy atom. The highest BCUT2D eigenvalue weighted by molar-refractivity contribution is 9.10. The van der Waals surface area contributed by atoms with Crippen molar-refractivity contribution in [3.05, 3.63) is 64.1 Å². The van der Waals surface area contributed by atoms with Gasteiger partial charge in [0.05, 0.1) is 16.9 Å². The van der Waals surface area contributed by atoms with E-state index in [1.54, 1.807) is 10.7 Å². The summed E-state index contributed by atoms with van der Waals surface area (Å²) in [5.41, 5.74) is 2.48. The van der Waals surface area contributed by atoms with E-state index < -0.39 is 11.7 Å². The molecule has 0 unspecified atom stereocenters. The molecule has 0 bridgehead atoms. The van der Waals surface area contributed by atoms with Crippen LogP contribution in [0.3, 0.4) is 0 Å². The standard InChI is InChI=1S/C20H17BrF3N3/c21-17-10-2-1-8-15(17)18-16-9-3-4-11-25-19(16)27(26-18)14-7-5-6-13(12-14)20(22,23)24/h1-2,5-8,10,12,25H,3-4,9,11H2. The van der Waals surface area contributed by atoms with E-state index in [9.17, 15) is 13.2 Å². The van der Waals surface area contributed by atoms with Crippen LogP contribution in [0, 0.1) is 0 Å². The van der Waals surface area contributed by atoms with Gasteiger partial charge in [0.2, 0.25) is 0 Å². The summed E-state index contributed by atoms with van der Waals surface area (Å²) < 4.78 is 42.0. The van der Waals surface area contributed by atoms with E-state index in [2.05, 4.69) is 21.2 Å². The van der Waals surface area contributed by atoms with Crippen LogP contribution in [0.4, 0.5) is 19.0 Å². The Morgan fingerprint density at radius 1 is 1.04 bits per heavy atom. The molecule has 4 rings (SSSR count). The Morgan fingerprint density at radius 3 is 2.63 bits per heavy atom. The number of aromatic nitrogens is 2. The summed E-state index contributed by atoms with van der Waals surface area (Å²) in [6.07, 6.45) is -1.55. The molecule has 1 aromatic heterocycles. The minimum Gasteiger partial charge on any atom is -0.370 e. The lowest BCUT2D eigenvalue weighted by atomic mass is 10.0. The topological polar surface area (TPSA) is 29.9 Å². The van der Waals surface area contributed by atoms with Crippen molar-refractivity contribution in [1.82, 2.24) is 9.78 Å². The molecule has 1 N–H and O–H groups in total. The van der Waals surface area contributed by atoms with E-state index in [4.69, 9.17) is 5.10 Å². The molecule has 7 heteroatoms. The minimum absolute atomic E-state index is 0.397. The highest BCUT2D eigenvalue weighted by Crippen LogP contribution is 2.38. The monoisotopic (exact) mass is 435 g/mol. The summed E-state index contributed by atoms with van der Waals surface area (Å²) in [6, 6.07) is 13.1. The Balaban J connectivity index is 1.91. The predicted molar refractivity (Wildman–Crippen MR) is 103 cm³/mol. The summed E-state index contributed by atoms with van der Waals surface area (Å²) >= 11 is 3.57. The first-order valence-corrected chi connectivity index (χ1v) is 9.53. The van der Waals surface area contributed by atoms with Crippen molar-refractivity contribution in [2.24, 2.45) is 0 Å². The van der Waals surface area contributed by atoms with Crippen LogP contribution in [-0.4, -0.2) is 16.3 Å². The summed E-state index contributed by atoms with van der Waals surface area (Å²) in [4.78, 5) is 0. The van der Waals surface area contributed by atoms with Crippen molar-refractivity contribution in [1.29, 1.82) is 0 Å². The van der Waals surface area contributed by atoms with Gasteiger partial charge in [-0.05, 0) is 43.5 Å². The first-order chi connectivity index (χ1) is 12.9. The first kappa shape index (κ1) is 18.1. The lowest BCUT2D eigenvalue weighted by Gasteiger charge is -2.12. The average Bonchev–Trinajstić information content (AvgIpc) is 2.83. The van der Waals surface area contributed by atoms with Crippen LogP contribution in [-0.2, 0) is 12.6 Å². The molecule has 3 nitrogen and oxygen atoms in total. The average molecular weight is 436 g/mol. The van der Waals surface area contributed by atoms with Gasteiger partial charge in [-0.3, -0.25) is 0 Å². The second kappa shape index (κ2) is 7.03. The van der Waals surface area contributed by atoms with E-state index in [0.29, 0.717) is 5.69 Å². The van der Waals surface area contributed by atoms with Gasteiger partial charge in [-0.2, -0.15) is 18.3 Å². The number of hydrogen-bond acceptors (Lipinski definition) is 2. The van der Waals surface area contributed by atoms with Crippen LogP contribution in [0.2, 0.25) is 0 Å². The van der Waals surface area contributed by atoms with Crippen LogP contribution >= 0.6 is 15.9 Å². The normalized spacial score (nSPS) is 14.4. The Labute approximate surface area is 163 Å². The molecule has 0 fully saturated rings. The summed E-state index contributed by atoms with van der Waals surface area (Å²) in [5.74, 6) is 0.776. The zero-order valence-electron chi connectivity index (χ0n) is 14.4. The fourth-order valence-electron chi connectivity index (χ4n) is 3.37. The number of alkyl halides is 3. The second-order valence-corrected chi connectivity index (χ2v) is 7.35. The van der Waals surface area contributed by atoms with Gasteiger partial charge in [0, 0.05) is 22.1 Å². The number of hydrogen-bond donors (Lipinski definition) is 1. The van der Waals surface area contributed by atoms with Crippen molar-refractivity contribution >= 4 is 21.7 Å². The third-order valence-corrected chi connectivity index (χ3v) is 5.37. The lowest BCUT2D eigenvalue weighted by molar-refractivity contribution is -0.137. The largest absolute Gasteiger partial charge is 0.416 e. The molecule has 0 spiro atoms. The number of rotatable bonds is 2. The lowest BCUT2D eigenvalue weighted by Crippen LogP contribution is -2.09. The third kappa shape index (κ3) is 3.48. The van der Waals surface area contributed by atoms with Crippen LogP contribution < -0.4 is 5.32 Å². The Hall–Kier alpha value is -2.28. The summed E-state index contributed by atoms with van der Waals surface area (Å²) in [5, 5.41) is 8.08. The molecule has 27 heavy (non-hydrogen) atoms. The summed E-state index contributed by atoms with van der Waals surface area (Å²) in [7, 11) is 0. The Kier molecular flexibility index (Phi) is 4.72. The molecule has 0 amide bonds. The van der Waals surface area contributed by atoms with Gasteiger partial charge < -0.3 is 5.32 Å². The Bertz CT molecular complexity index is 979. The molecule has 3 aromatic rings. The van der Waals surface area contributed by atoms with Gasteiger partial charge in [-0.15, -0.1) is 0 Å². The van der Waals surface area contributed by atoms with Gasteiger partial charge in [0.15, 0.2) is 0 Å². The fourth-order valence-corrected chi connectivity index (χ4v) is 3.85. The van der Waals surface area contributed by atoms with E-state index in [1.165, 1.54) is 6.07 Å². The molecule has 2 heterocycles. The van der Waals surface area contributed by atoms with Gasteiger partial charge in [0.25, 0.3) is 0 Å². The number of benzene rings is 2. The van der Waals surface area contributed by atoms with Crippen molar-refractivity contribution in [3.63, 3.8) is 0 Å². The van der Waals surface area contributed by atoms with E-state index in [0.717, 1.165) is 65.1 Å². The molecule has 0 atom stereocenters. The van der Waals surface area contributed by atoms with Crippen LogP contribution in [0.5, 0.6) is 0 Å². The van der Waals surface area contributed by atoms with Crippen LogP contribution in [0.15, 0.2) is 53.0 Å². The van der Waals surface area contributed by atoms with E-state index in [-0.39, 0.29) is 0 Å². The molecular formula is C20H17BrF3N3. The highest BCUT2D eigenvalue weighted by Gasteiger charge is 2.31. The highest BCUT2D eigenvalue weighted by atomic mass is 79.9. The smallest absolute Gasteiger partial charge is 0.370 e. The fraction of sp³-hybridized carbons (Fsp3) is 0.250. The molecule has 140 valence electrons. The van der Waals surface area contributed by atoms with Gasteiger partial charge in [-0.1, -0.05) is 40.2 Å². The number of nitrogens with zero attached hydrogens (tertiary/aromatic N) is 2. The quantitative estimate of drug-likeness (QED) is 0.529. The van der Waals surface area contributed by atoms with Crippen LogP contribution in [0.25, 0.3) is 16.9 Å². The molecule has 0 saturated heterocycles. The molecule has 2 aromatic carbocycles. The maximum absolute atomic E-state index is 13.2. The number of nitrogens with one attached hydrogen (secondary N) is 1. The van der Waals surface area contributed by atoms with Gasteiger partial charge in [-0.25, -0.2) is 4.68 Å². The molecular weight excluding hydrogens is 419 g/mol. The number of anilines is 1. The number of fused-ring (bicyclic) bond motifs is 1. The maximum atomic E-state index is 13.2. The molecule has 0 aliphatic carbocycles. The SMILES string of the molecule is FC(F)(F)c1cccc(-n2nc(-c3ccccc3Br)c3c2NCCCC3)c1. The van der Waals surface area contributed by atoms with Crippen molar-refractivity contribution in [2.45, 2.75) is 25.4 Å². The zero-order valence-corrected chi connectivity index (χ0v) is 15.9. The second-order valence-electron chi connectivity index (χ2n) is 6.50. The zero-order chi connectivity index (χ0) is 19.0. The molecule has 0 saturated carbocycles. The molecule has 0 radical (unpaired) electrons. The number of halogens is 4. The first-order valence-electron chi connectivity index (χ1n) is 8.73. The van der Waals surface area contributed by atoms with E-state index in [1.807, 2.05) is 24.3 Å². The maximum Gasteiger partial charge on any atom is 0.416 e. The van der Waals surface area contributed by atoms with Crippen molar-refractivity contribution in [3.8, 4) is 16.9 Å². The van der Waals surface area contributed by atoms with Gasteiger partial charge >= 0.3 is 6.18 Å². The van der Waals surface area contributed by atoms with Crippen molar-refractivity contribution in [2.75, 3.05) is 11.9 Å². The van der Waals surface area contributed by atoms with E-state index >= 15 is 0 Å². The van der Waals surface area contributed by atoms with Gasteiger partial charge in [0.1, 0.15) is 5.82 Å². The predicted octanol–water partition coefficient (Wildman–Crippen LogP) is 6.07.